The molecular formula is C15H22N2O. The fourth-order valence-electron chi connectivity index (χ4n) is 1.77. The largest absolute Gasteiger partial charge is 0.479 e. The van der Waals surface area contributed by atoms with Gasteiger partial charge in [-0.15, -0.1) is 0 Å². The van der Waals surface area contributed by atoms with Crippen LogP contribution >= 0.6 is 0 Å². The van der Waals surface area contributed by atoms with Crippen molar-refractivity contribution in [2.45, 2.75) is 39.2 Å². The van der Waals surface area contributed by atoms with Crippen molar-refractivity contribution in [2.75, 3.05) is 13.2 Å². The van der Waals surface area contributed by atoms with E-state index in [1.165, 1.54) is 31.2 Å². The van der Waals surface area contributed by atoms with E-state index in [1.807, 2.05) is 24.3 Å². The summed E-state index contributed by atoms with van der Waals surface area (Å²) >= 11 is 0. The highest BCUT2D eigenvalue weighted by Gasteiger charge is 1.96. The Morgan fingerprint density at radius 3 is 2.94 bits per heavy atom. The first kappa shape index (κ1) is 14.5. The van der Waals surface area contributed by atoms with Gasteiger partial charge in [-0.25, -0.2) is 0 Å². The summed E-state index contributed by atoms with van der Waals surface area (Å²) in [6, 6.07) is 9.86. The first-order chi connectivity index (χ1) is 8.86. The number of rotatable bonds is 9. The Morgan fingerprint density at radius 2 is 2.17 bits per heavy atom. The fourth-order valence-corrected chi connectivity index (χ4v) is 1.77. The lowest BCUT2D eigenvalue weighted by Crippen LogP contribution is -2.14. The Balaban J connectivity index is 2.23. The first-order valence-electron chi connectivity index (χ1n) is 6.66. The van der Waals surface area contributed by atoms with Gasteiger partial charge in [0.15, 0.2) is 6.61 Å². The van der Waals surface area contributed by atoms with Crippen LogP contribution < -0.4 is 10.1 Å². The number of hydrogen-bond donors (Lipinski definition) is 1. The quantitative estimate of drug-likeness (QED) is 0.680. The molecule has 1 aromatic rings. The Hall–Kier alpha value is -1.53. The summed E-state index contributed by atoms with van der Waals surface area (Å²) < 4.78 is 5.27. The second kappa shape index (κ2) is 9.49. The molecule has 0 aromatic heterocycles. The van der Waals surface area contributed by atoms with E-state index in [1.54, 1.807) is 0 Å². The standard InChI is InChI=1S/C15H22N2O/c1-2-3-4-5-10-17-13-14-7-6-8-15(12-14)18-11-9-16/h6-8,12,17H,2-5,10-11,13H2,1H3. The summed E-state index contributed by atoms with van der Waals surface area (Å²) in [4.78, 5) is 0. The van der Waals surface area contributed by atoms with Gasteiger partial charge in [-0.1, -0.05) is 38.3 Å². The minimum Gasteiger partial charge on any atom is -0.479 e. The van der Waals surface area contributed by atoms with Crippen LogP contribution in [0.25, 0.3) is 0 Å². The molecule has 0 saturated carbocycles. The zero-order chi connectivity index (χ0) is 13.1. The second-order valence-electron chi connectivity index (χ2n) is 4.33. The van der Waals surface area contributed by atoms with E-state index in [0.29, 0.717) is 0 Å². The molecule has 3 heteroatoms. The number of nitrogens with zero attached hydrogens (tertiary/aromatic N) is 1. The van der Waals surface area contributed by atoms with Gasteiger partial charge in [0, 0.05) is 6.54 Å². The van der Waals surface area contributed by atoms with Crippen molar-refractivity contribution in [3.63, 3.8) is 0 Å². The molecule has 1 aromatic carbocycles. The molecule has 1 rings (SSSR count). The number of benzene rings is 1. The van der Waals surface area contributed by atoms with Crippen LogP contribution in [-0.4, -0.2) is 13.2 Å². The van der Waals surface area contributed by atoms with Crippen LogP contribution in [0.1, 0.15) is 38.2 Å². The average Bonchev–Trinajstić information content (AvgIpc) is 2.41. The van der Waals surface area contributed by atoms with Crippen LogP contribution in [0, 0.1) is 11.3 Å². The van der Waals surface area contributed by atoms with E-state index >= 15 is 0 Å². The molecule has 1 N–H and O–H groups in total. The summed E-state index contributed by atoms with van der Waals surface area (Å²) in [5, 5.41) is 11.9. The van der Waals surface area contributed by atoms with Crippen LogP contribution in [0.4, 0.5) is 0 Å². The normalized spacial score (nSPS) is 10.0. The maximum atomic E-state index is 8.45. The molecule has 98 valence electrons. The summed E-state index contributed by atoms with van der Waals surface area (Å²) in [6.07, 6.45) is 5.13. The molecule has 0 radical (unpaired) electrons. The highest BCUT2D eigenvalue weighted by Crippen LogP contribution is 2.12. The SMILES string of the molecule is CCCCCCNCc1cccc(OCC#N)c1. The number of hydrogen-bond acceptors (Lipinski definition) is 3. The van der Waals surface area contributed by atoms with Gasteiger partial charge in [0.1, 0.15) is 11.8 Å². The van der Waals surface area contributed by atoms with Crippen molar-refractivity contribution >= 4 is 0 Å². The van der Waals surface area contributed by atoms with Crippen LogP contribution in [0.3, 0.4) is 0 Å². The van der Waals surface area contributed by atoms with Crippen molar-refractivity contribution < 1.29 is 4.74 Å². The molecule has 0 aliphatic rings. The lowest BCUT2D eigenvalue weighted by atomic mass is 10.2. The molecule has 0 saturated heterocycles. The summed E-state index contributed by atoms with van der Waals surface area (Å²) in [7, 11) is 0. The molecule has 0 amide bonds. The number of nitriles is 1. The van der Waals surface area contributed by atoms with E-state index in [-0.39, 0.29) is 6.61 Å². The van der Waals surface area contributed by atoms with E-state index < -0.39 is 0 Å². The molecule has 0 bridgehead atoms. The maximum absolute atomic E-state index is 8.45. The molecule has 0 unspecified atom stereocenters. The third-order valence-corrected chi connectivity index (χ3v) is 2.74. The van der Waals surface area contributed by atoms with Gasteiger partial charge in [0.25, 0.3) is 0 Å². The molecule has 0 heterocycles. The van der Waals surface area contributed by atoms with E-state index in [0.717, 1.165) is 18.8 Å². The molecule has 0 aliphatic carbocycles. The molecule has 0 aliphatic heterocycles. The van der Waals surface area contributed by atoms with Crippen LogP contribution in [0.2, 0.25) is 0 Å². The average molecular weight is 246 g/mol. The third kappa shape index (κ3) is 6.27. The summed E-state index contributed by atoms with van der Waals surface area (Å²) in [5.74, 6) is 0.766. The van der Waals surface area contributed by atoms with Gasteiger partial charge in [0.05, 0.1) is 0 Å². The molecule has 0 fully saturated rings. The molecule has 3 nitrogen and oxygen atoms in total. The predicted molar refractivity (Wildman–Crippen MR) is 73.4 cm³/mol. The smallest absolute Gasteiger partial charge is 0.174 e. The van der Waals surface area contributed by atoms with Crippen molar-refractivity contribution in [3.05, 3.63) is 29.8 Å². The summed E-state index contributed by atoms with van der Waals surface area (Å²) in [5.41, 5.74) is 1.20. The molecule has 18 heavy (non-hydrogen) atoms. The zero-order valence-corrected chi connectivity index (χ0v) is 11.1. The highest BCUT2D eigenvalue weighted by atomic mass is 16.5. The monoisotopic (exact) mass is 246 g/mol. The van der Waals surface area contributed by atoms with Gasteiger partial charge in [-0.3, -0.25) is 0 Å². The molecular weight excluding hydrogens is 224 g/mol. The van der Waals surface area contributed by atoms with E-state index in [4.69, 9.17) is 10.00 Å². The Labute approximate surface area is 110 Å². The van der Waals surface area contributed by atoms with Gasteiger partial charge < -0.3 is 10.1 Å². The molecule has 0 atom stereocenters. The van der Waals surface area contributed by atoms with Crippen LogP contribution in [0.5, 0.6) is 5.75 Å². The second-order valence-corrected chi connectivity index (χ2v) is 4.33. The van der Waals surface area contributed by atoms with Crippen molar-refractivity contribution in [1.29, 1.82) is 5.26 Å². The van der Waals surface area contributed by atoms with E-state index in [9.17, 15) is 0 Å². The lowest BCUT2D eigenvalue weighted by molar-refractivity contribution is 0.367. The molecule has 0 spiro atoms. The highest BCUT2D eigenvalue weighted by molar-refractivity contribution is 5.28. The van der Waals surface area contributed by atoms with Crippen molar-refractivity contribution in [1.82, 2.24) is 5.32 Å². The maximum Gasteiger partial charge on any atom is 0.174 e. The zero-order valence-electron chi connectivity index (χ0n) is 11.1. The third-order valence-electron chi connectivity index (χ3n) is 2.74. The topological polar surface area (TPSA) is 45.0 Å². The van der Waals surface area contributed by atoms with Crippen molar-refractivity contribution in [2.24, 2.45) is 0 Å². The number of ether oxygens (including phenoxy) is 1. The van der Waals surface area contributed by atoms with Gasteiger partial charge in [-0.2, -0.15) is 5.26 Å². The fraction of sp³-hybridized carbons (Fsp3) is 0.533. The van der Waals surface area contributed by atoms with Gasteiger partial charge in [-0.05, 0) is 30.7 Å². The first-order valence-corrected chi connectivity index (χ1v) is 6.66. The van der Waals surface area contributed by atoms with Gasteiger partial charge >= 0.3 is 0 Å². The van der Waals surface area contributed by atoms with Crippen LogP contribution in [-0.2, 0) is 6.54 Å². The Bertz CT molecular complexity index is 371. The predicted octanol–water partition coefficient (Wildman–Crippen LogP) is 3.26. The summed E-state index contributed by atoms with van der Waals surface area (Å²) in [6.45, 7) is 4.24. The minimum absolute atomic E-state index is 0.105. The Kier molecular flexibility index (Phi) is 7.66. The number of nitrogens with one attached hydrogen (secondary N) is 1. The van der Waals surface area contributed by atoms with Crippen LogP contribution in [0.15, 0.2) is 24.3 Å². The van der Waals surface area contributed by atoms with E-state index in [2.05, 4.69) is 18.3 Å². The lowest BCUT2D eigenvalue weighted by Gasteiger charge is -2.07. The number of unbranched alkanes of at least 4 members (excludes halogenated alkanes) is 3. The Morgan fingerprint density at radius 1 is 1.28 bits per heavy atom. The minimum atomic E-state index is 0.105. The van der Waals surface area contributed by atoms with Crippen molar-refractivity contribution in [3.8, 4) is 11.8 Å². The van der Waals surface area contributed by atoms with Gasteiger partial charge in [0.2, 0.25) is 0 Å².